The number of hydrogen-bond donors (Lipinski definition) is 1. The van der Waals surface area contributed by atoms with Crippen LogP contribution in [-0.2, 0) is 22.2 Å². The Hall–Kier alpha value is -0.780. The topological polar surface area (TPSA) is 59.4 Å². The molecule has 1 aromatic heterocycles. The first-order chi connectivity index (χ1) is 5.29. The van der Waals surface area contributed by atoms with Gasteiger partial charge in [-0.25, -0.2) is 0 Å². The standard InChI is InChI=1S/C6H7NO3S/c8-11(9)10-5-6-2-1-3-7-4-6/h1-4H,5H2,(H,8,9). The van der Waals surface area contributed by atoms with Crippen molar-refractivity contribution in [3.63, 3.8) is 0 Å². The van der Waals surface area contributed by atoms with Crippen molar-refractivity contribution in [2.24, 2.45) is 0 Å². The molecule has 0 fully saturated rings. The molecule has 11 heavy (non-hydrogen) atoms. The molecule has 5 heteroatoms. The zero-order valence-electron chi connectivity index (χ0n) is 5.64. The van der Waals surface area contributed by atoms with Gasteiger partial charge in [0, 0.05) is 12.4 Å². The Bertz CT molecular complexity index is 239. The quantitative estimate of drug-likeness (QED) is 0.685. The van der Waals surface area contributed by atoms with Gasteiger partial charge in [-0.3, -0.25) is 13.7 Å². The third-order valence-electron chi connectivity index (χ3n) is 1.05. The van der Waals surface area contributed by atoms with Crippen molar-refractivity contribution in [3.8, 4) is 0 Å². The highest BCUT2D eigenvalue weighted by Gasteiger charge is 1.94. The Balaban J connectivity index is 2.45. The minimum Gasteiger partial charge on any atom is -0.284 e. The molecule has 4 nitrogen and oxygen atoms in total. The van der Waals surface area contributed by atoms with E-state index in [0.29, 0.717) is 0 Å². The van der Waals surface area contributed by atoms with Crippen LogP contribution in [0.25, 0.3) is 0 Å². The molecule has 1 heterocycles. The summed E-state index contributed by atoms with van der Waals surface area (Å²) >= 11 is -2.19. The van der Waals surface area contributed by atoms with Crippen LogP contribution in [0, 0.1) is 0 Å². The van der Waals surface area contributed by atoms with E-state index in [2.05, 4.69) is 9.17 Å². The largest absolute Gasteiger partial charge is 0.302 e. The lowest BCUT2D eigenvalue weighted by atomic mass is 10.3. The molecule has 0 radical (unpaired) electrons. The molecule has 0 aliphatic rings. The molecule has 0 amide bonds. The van der Waals surface area contributed by atoms with Crippen LogP contribution in [-0.4, -0.2) is 13.7 Å². The summed E-state index contributed by atoms with van der Waals surface area (Å²) in [6.07, 6.45) is 3.20. The zero-order chi connectivity index (χ0) is 8.10. The lowest BCUT2D eigenvalue weighted by Gasteiger charge is -1.96. The number of rotatable bonds is 3. The Morgan fingerprint density at radius 3 is 3.09 bits per heavy atom. The summed E-state index contributed by atoms with van der Waals surface area (Å²) < 4.78 is 22.7. The SMILES string of the molecule is O=S(O)OCc1cccnc1. The van der Waals surface area contributed by atoms with E-state index < -0.39 is 11.4 Å². The normalized spacial score (nSPS) is 12.8. The summed E-state index contributed by atoms with van der Waals surface area (Å²) in [6.45, 7) is 0.108. The molecule has 1 aromatic rings. The van der Waals surface area contributed by atoms with Crippen molar-refractivity contribution in [1.82, 2.24) is 4.98 Å². The number of nitrogens with zero attached hydrogens (tertiary/aromatic N) is 1. The van der Waals surface area contributed by atoms with Crippen LogP contribution >= 0.6 is 0 Å². The Kier molecular flexibility index (Phi) is 3.15. The fourth-order valence-corrected chi connectivity index (χ4v) is 0.839. The lowest BCUT2D eigenvalue weighted by molar-refractivity contribution is 0.296. The molecule has 1 unspecified atom stereocenters. The van der Waals surface area contributed by atoms with E-state index >= 15 is 0 Å². The molecule has 0 aliphatic heterocycles. The van der Waals surface area contributed by atoms with E-state index in [0.717, 1.165) is 5.56 Å². The Morgan fingerprint density at radius 2 is 2.55 bits per heavy atom. The predicted octanol–water partition coefficient (Wildman–Crippen LogP) is 0.735. The fourth-order valence-electron chi connectivity index (χ4n) is 0.602. The summed E-state index contributed by atoms with van der Waals surface area (Å²) in [5.74, 6) is 0. The van der Waals surface area contributed by atoms with Crippen molar-refractivity contribution >= 4 is 11.4 Å². The molecule has 60 valence electrons. The van der Waals surface area contributed by atoms with E-state index in [1.165, 1.54) is 0 Å². The van der Waals surface area contributed by atoms with Gasteiger partial charge in [-0.2, -0.15) is 4.21 Å². The second-order valence-corrected chi connectivity index (χ2v) is 2.51. The summed E-state index contributed by atoms with van der Waals surface area (Å²) in [5.41, 5.74) is 0.773. The average Bonchev–Trinajstić information content (AvgIpc) is 2.03. The van der Waals surface area contributed by atoms with Gasteiger partial charge in [0.15, 0.2) is 0 Å². The highest BCUT2D eigenvalue weighted by atomic mass is 32.2. The molecule has 0 spiro atoms. The van der Waals surface area contributed by atoms with Crippen LogP contribution < -0.4 is 0 Å². The average molecular weight is 173 g/mol. The van der Waals surface area contributed by atoms with Crippen molar-refractivity contribution in [2.75, 3.05) is 0 Å². The fraction of sp³-hybridized carbons (Fsp3) is 0.167. The molecule has 0 aliphatic carbocycles. The van der Waals surface area contributed by atoms with Gasteiger partial charge < -0.3 is 0 Å². The smallest absolute Gasteiger partial charge is 0.284 e. The van der Waals surface area contributed by atoms with Crippen LogP contribution in [0.3, 0.4) is 0 Å². The monoisotopic (exact) mass is 173 g/mol. The first kappa shape index (κ1) is 8.32. The lowest BCUT2D eigenvalue weighted by Crippen LogP contribution is -1.95. The van der Waals surface area contributed by atoms with Crippen molar-refractivity contribution in [2.45, 2.75) is 6.61 Å². The van der Waals surface area contributed by atoms with E-state index in [9.17, 15) is 4.21 Å². The zero-order valence-corrected chi connectivity index (χ0v) is 6.45. The Labute approximate surface area is 66.7 Å². The van der Waals surface area contributed by atoms with Gasteiger partial charge in [-0.15, -0.1) is 0 Å². The third-order valence-corrected chi connectivity index (χ3v) is 1.37. The molecular formula is C6H7NO3S. The molecular weight excluding hydrogens is 166 g/mol. The third kappa shape index (κ3) is 3.22. The van der Waals surface area contributed by atoms with Gasteiger partial charge in [0.1, 0.15) is 0 Å². The van der Waals surface area contributed by atoms with Crippen molar-refractivity contribution < 1.29 is 12.9 Å². The maximum absolute atomic E-state index is 10.0. The van der Waals surface area contributed by atoms with Crippen LogP contribution in [0.15, 0.2) is 24.5 Å². The summed E-state index contributed by atoms with van der Waals surface area (Å²) in [7, 11) is 0. The van der Waals surface area contributed by atoms with Gasteiger partial charge >= 0.3 is 11.4 Å². The minimum atomic E-state index is -2.19. The Morgan fingerprint density at radius 1 is 1.73 bits per heavy atom. The van der Waals surface area contributed by atoms with E-state index in [4.69, 9.17) is 4.55 Å². The number of aromatic nitrogens is 1. The van der Waals surface area contributed by atoms with E-state index in [1.807, 2.05) is 0 Å². The van der Waals surface area contributed by atoms with Gasteiger partial charge in [0.25, 0.3) is 0 Å². The predicted molar refractivity (Wildman–Crippen MR) is 39.8 cm³/mol. The molecule has 0 saturated carbocycles. The van der Waals surface area contributed by atoms with Crippen LogP contribution in [0.4, 0.5) is 0 Å². The maximum Gasteiger partial charge on any atom is 0.302 e. The highest BCUT2D eigenvalue weighted by Crippen LogP contribution is 1.98. The molecule has 1 N–H and O–H groups in total. The maximum atomic E-state index is 10.0. The van der Waals surface area contributed by atoms with Crippen molar-refractivity contribution in [1.29, 1.82) is 0 Å². The summed E-state index contributed by atoms with van der Waals surface area (Å²) in [6, 6.07) is 3.50. The van der Waals surface area contributed by atoms with Crippen LogP contribution in [0.5, 0.6) is 0 Å². The summed E-state index contributed by atoms with van der Waals surface area (Å²) in [4.78, 5) is 3.80. The van der Waals surface area contributed by atoms with E-state index in [1.54, 1.807) is 24.5 Å². The second-order valence-electron chi connectivity index (χ2n) is 1.84. The van der Waals surface area contributed by atoms with Crippen LogP contribution in [0.1, 0.15) is 5.56 Å². The van der Waals surface area contributed by atoms with Crippen LogP contribution in [0.2, 0.25) is 0 Å². The van der Waals surface area contributed by atoms with Gasteiger partial charge in [-0.05, 0) is 11.6 Å². The molecule has 0 saturated heterocycles. The first-order valence-corrected chi connectivity index (χ1v) is 3.95. The molecule has 1 rings (SSSR count). The van der Waals surface area contributed by atoms with Gasteiger partial charge in [0.05, 0.1) is 6.61 Å². The number of hydrogen-bond acceptors (Lipinski definition) is 3. The minimum absolute atomic E-state index is 0.108. The second kappa shape index (κ2) is 4.17. The van der Waals surface area contributed by atoms with Crippen molar-refractivity contribution in [3.05, 3.63) is 30.1 Å². The van der Waals surface area contributed by atoms with E-state index in [-0.39, 0.29) is 6.61 Å². The first-order valence-electron chi connectivity index (χ1n) is 2.92. The van der Waals surface area contributed by atoms with Gasteiger partial charge in [-0.1, -0.05) is 6.07 Å². The number of pyridine rings is 1. The summed E-state index contributed by atoms with van der Waals surface area (Å²) in [5, 5.41) is 0. The highest BCUT2D eigenvalue weighted by molar-refractivity contribution is 7.74. The van der Waals surface area contributed by atoms with Gasteiger partial charge in [0.2, 0.25) is 0 Å². The molecule has 0 aromatic carbocycles. The molecule has 0 bridgehead atoms. The molecule has 1 atom stereocenters.